The fraction of sp³-hybridized carbons (Fsp3) is 0.400. The van der Waals surface area contributed by atoms with Gasteiger partial charge < -0.3 is 0 Å². The van der Waals surface area contributed by atoms with E-state index in [2.05, 4.69) is 0 Å². The summed E-state index contributed by atoms with van der Waals surface area (Å²) in [5.74, 6) is 0. The number of primary sulfonamides is 1. The van der Waals surface area contributed by atoms with Crippen LogP contribution in [0.25, 0.3) is 0 Å². The van der Waals surface area contributed by atoms with Gasteiger partial charge in [0.25, 0.3) is 0 Å². The van der Waals surface area contributed by atoms with Crippen molar-refractivity contribution in [2.75, 3.05) is 0 Å². The van der Waals surface area contributed by atoms with Crippen molar-refractivity contribution in [3.05, 3.63) is 35.4 Å². The van der Waals surface area contributed by atoms with Crippen LogP contribution in [0.3, 0.4) is 0 Å². The van der Waals surface area contributed by atoms with Crippen LogP contribution in [0, 0.1) is 0 Å². The normalized spacial score (nSPS) is 21.6. The molecule has 0 saturated heterocycles. The van der Waals surface area contributed by atoms with Gasteiger partial charge in [-0.3, -0.25) is 0 Å². The highest BCUT2D eigenvalue weighted by Crippen LogP contribution is 2.33. The maximum absolute atomic E-state index is 11.3. The first kappa shape index (κ1) is 9.68. The molecule has 2 N–H and O–H groups in total. The number of hydrogen-bond donors (Lipinski definition) is 1. The summed E-state index contributed by atoms with van der Waals surface area (Å²) in [6.07, 6.45) is 2.51. The minimum absolute atomic E-state index is 0.493. The minimum Gasteiger partial charge on any atom is -0.228 e. The van der Waals surface area contributed by atoms with Gasteiger partial charge in [0, 0.05) is 0 Å². The molecule has 3 nitrogen and oxygen atoms in total. The van der Waals surface area contributed by atoms with Gasteiger partial charge in [0.2, 0.25) is 10.0 Å². The SMILES string of the molecule is NS(=O)(=O)[C@@H]1CCCc2ccccc21. The van der Waals surface area contributed by atoms with E-state index in [1.54, 1.807) is 0 Å². The summed E-state index contributed by atoms with van der Waals surface area (Å²) in [4.78, 5) is 0. The number of hydrogen-bond acceptors (Lipinski definition) is 2. The van der Waals surface area contributed by atoms with E-state index in [9.17, 15) is 8.42 Å². The Balaban J connectivity index is 2.51. The number of nitrogens with two attached hydrogens (primary N) is 1. The third-order valence-electron chi connectivity index (χ3n) is 2.71. The van der Waals surface area contributed by atoms with Crippen molar-refractivity contribution in [1.82, 2.24) is 0 Å². The lowest BCUT2D eigenvalue weighted by molar-refractivity contribution is 0.562. The van der Waals surface area contributed by atoms with E-state index in [-0.39, 0.29) is 0 Å². The van der Waals surface area contributed by atoms with Gasteiger partial charge in [0.1, 0.15) is 5.25 Å². The molecule has 0 aromatic heterocycles. The molecule has 0 radical (unpaired) electrons. The zero-order chi connectivity index (χ0) is 10.2. The van der Waals surface area contributed by atoms with E-state index in [0.717, 1.165) is 24.0 Å². The predicted molar refractivity (Wildman–Crippen MR) is 55.2 cm³/mol. The van der Waals surface area contributed by atoms with E-state index in [0.29, 0.717) is 6.42 Å². The van der Waals surface area contributed by atoms with E-state index in [4.69, 9.17) is 5.14 Å². The molecule has 0 heterocycles. The van der Waals surface area contributed by atoms with E-state index in [1.807, 2.05) is 24.3 Å². The molecule has 1 aliphatic carbocycles. The Morgan fingerprint density at radius 2 is 2.00 bits per heavy atom. The van der Waals surface area contributed by atoms with Crippen LogP contribution in [0.4, 0.5) is 0 Å². The number of rotatable bonds is 1. The molecule has 0 spiro atoms. The second-order valence-corrected chi connectivity index (χ2v) is 5.42. The largest absolute Gasteiger partial charge is 0.228 e. The maximum Gasteiger partial charge on any atom is 0.216 e. The number of sulfonamides is 1. The molecular formula is C10H13NO2S. The summed E-state index contributed by atoms with van der Waals surface area (Å²) >= 11 is 0. The van der Waals surface area contributed by atoms with Crippen LogP contribution in [0.5, 0.6) is 0 Å². The van der Waals surface area contributed by atoms with Crippen LogP contribution >= 0.6 is 0 Å². The highest BCUT2D eigenvalue weighted by molar-refractivity contribution is 7.89. The third kappa shape index (κ3) is 1.67. The van der Waals surface area contributed by atoms with Crippen LogP contribution in [-0.4, -0.2) is 8.42 Å². The van der Waals surface area contributed by atoms with Crippen LogP contribution in [0.2, 0.25) is 0 Å². The number of benzene rings is 1. The molecule has 0 saturated carbocycles. The molecule has 0 aliphatic heterocycles. The average Bonchev–Trinajstić information content (AvgIpc) is 2.15. The monoisotopic (exact) mass is 211 g/mol. The maximum atomic E-state index is 11.3. The minimum atomic E-state index is -3.44. The van der Waals surface area contributed by atoms with Gasteiger partial charge in [-0.15, -0.1) is 0 Å². The Bertz CT molecular complexity index is 439. The smallest absolute Gasteiger partial charge is 0.216 e. The fourth-order valence-electron chi connectivity index (χ4n) is 2.05. The van der Waals surface area contributed by atoms with Crippen LogP contribution in [0.15, 0.2) is 24.3 Å². The molecule has 1 aromatic rings. The molecule has 2 rings (SSSR count). The molecule has 1 aliphatic rings. The topological polar surface area (TPSA) is 60.2 Å². The highest BCUT2D eigenvalue weighted by atomic mass is 32.2. The van der Waals surface area contributed by atoms with Gasteiger partial charge in [-0.1, -0.05) is 24.3 Å². The van der Waals surface area contributed by atoms with Crippen molar-refractivity contribution in [3.63, 3.8) is 0 Å². The first-order valence-electron chi connectivity index (χ1n) is 4.68. The summed E-state index contributed by atoms with van der Waals surface area (Å²) < 4.78 is 22.7. The number of fused-ring (bicyclic) bond motifs is 1. The van der Waals surface area contributed by atoms with Crippen molar-refractivity contribution in [2.24, 2.45) is 5.14 Å². The van der Waals surface area contributed by atoms with E-state index < -0.39 is 15.3 Å². The van der Waals surface area contributed by atoms with Crippen molar-refractivity contribution in [1.29, 1.82) is 0 Å². The van der Waals surface area contributed by atoms with Crippen molar-refractivity contribution < 1.29 is 8.42 Å². The van der Waals surface area contributed by atoms with Crippen LogP contribution < -0.4 is 5.14 Å². The summed E-state index contributed by atoms with van der Waals surface area (Å²) in [5, 5.41) is 4.70. The fourth-order valence-corrected chi connectivity index (χ4v) is 3.13. The molecule has 0 fully saturated rings. The van der Waals surface area contributed by atoms with Gasteiger partial charge in [0.15, 0.2) is 0 Å². The summed E-state index contributed by atoms with van der Waals surface area (Å²) in [5.41, 5.74) is 2.01. The van der Waals surface area contributed by atoms with Gasteiger partial charge in [-0.2, -0.15) is 0 Å². The molecule has 0 amide bonds. The average molecular weight is 211 g/mol. The Labute approximate surface area is 84.0 Å². The molecule has 1 atom stereocenters. The predicted octanol–water partition coefficient (Wildman–Crippen LogP) is 1.35. The Morgan fingerprint density at radius 3 is 2.71 bits per heavy atom. The molecular weight excluding hydrogens is 198 g/mol. The zero-order valence-corrected chi connectivity index (χ0v) is 8.63. The van der Waals surface area contributed by atoms with Crippen LogP contribution in [0.1, 0.15) is 29.2 Å². The second kappa shape index (κ2) is 3.37. The first-order chi connectivity index (χ1) is 6.59. The lowest BCUT2D eigenvalue weighted by Crippen LogP contribution is -2.25. The molecule has 76 valence electrons. The second-order valence-electron chi connectivity index (χ2n) is 3.67. The van der Waals surface area contributed by atoms with Gasteiger partial charge in [-0.05, 0) is 30.4 Å². The van der Waals surface area contributed by atoms with Gasteiger partial charge >= 0.3 is 0 Å². The molecule has 1 aromatic carbocycles. The Kier molecular flexibility index (Phi) is 2.33. The van der Waals surface area contributed by atoms with Crippen molar-refractivity contribution in [2.45, 2.75) is 24.5 Å². The van der Waals surface area contributed by atoms with Gasteiger partial charge in [0.05, 0.1) is 0 Å². The van der Waals surface area contributed by atoms with E-state index in [1.165, 1.54) is 0 Å². The van der Waals surface area contributed by atoms with E-state index >= 15 is 0 Å². The van der Waals surface area contributed by atoms with Crippen molar-refractivity contribution in [3.8, 4) is 0 Å². The molecule has 14 heavy (non-hydrogen) atoms. The summed E-state index contributed by atoms with van der Waals surface area (Å²) in [6, 6.07) is 7.64. The number of aryl methyl sites for hydroxylation is 1. The van der Waals surface area contributed by atoms with Crippen LogP contribution in [-0.2, 0) is 16.4 Å². The summed E-state index contributed by atoms with van der Waals surface area (Å²) in [6.45, 7) is 0. The molecule has 0 bridgehead atoms. The Morgan fingerprint density at radius 1 is 1.29 bits per heavy atom. The summed E-state index contributed by atoms with van der Waals surface area (Å²) in [7, 11) is -3.44. The molecule has 0 unspecified atom stereocenters. The third-order valence-corrected chi connectivity index (χ3v) is 3.99. The zero-order valence-electron chi connectivity index (χ0n) is 7.81. The van der Waals surface area contributed by atoms with Crippen molar-refractivity contribution >= 4 is 10.0 Å². The first-order valence-corrected chi connectivity index (χ1v) is 6.29. The lowest BCUT2D eigenvalue weighted by Gasteiger charge is -2.23. The Hall–Kier alpha value is -0.870. The molecule has 4 heteroatoms. The lowest BCUT2D eigenvalue weighted by atomic mass is 9.91. The van der Waals surface area contributed by atoms with Gasteiger partial charge in [-0.25, -0.2) is 13.6 Å². The quantitative estimate of drug-likeness (QED) is 0.762. The standard InChI is InChI=1S/C10H13NO2S/c11-14(12,13)10-7-3-5-8-4-1-2-6-9(8)10/h1-2,4,6,10H,3,5,7H2,(H2,11,12,13)/t10-/m1/s1. The highest BCUT2D eigenvalue weighted by Gasteiger charge is 2.28.